The highest BCUT2D eigenvalue weighted by Gasteiger charge is 2.21. The SMILES string of the molecule is Oc1ccc(CNCc2ccc(C3COc4ccccc4O3)cc2)cc1. The largest absolute Gasteiger partial charge is 0.508 e. The minimum Gasteiger partial charge on any atom is -0.508 e. The van der Waals surface area contributed by atoms with E-state index in [-0.39, 0.29) is 6.10 Å². The molecule has 0 bridgehead atoms. The zero-order valence-corrected chi connectivity index (χ0v) is 14.4. The van der Waals surface area contributed by atoms with E-state index in [0.29, 0.717) is 12.4 Å². The van der Waals surface area contributed by atoms with Crippen LogP contribution < -0.4 is 14.8 Å². The molecule has 0 saturated carbocycles. The lowest BCUT2D eigenvalue weighted by atomic mass is 10.1. The second-order valence-corrected chi connectivity index (χ2v) is 6.38. The van der Waals surface area contributed by atoms with Gasteiger partial charge in [-0.3, -0.25) is 0 Å². The van der Waals surface area contributed by atoms with Crippen LogP contribution in [-0.4, -0.2) is 11.7 Å². The fourth-order valence-corrected chi connectivity index (χ4v) is 3.00. The summed E-state index contributed by atoms with van der Waals surface area (Å²) in [6, 6.07) is 23.4. The highest BCUT2D eigenvalue weighted by atomic mass is 16.6. The van der Waals surface area contributed by atoms with Crippen molar-refractivity contribution in [3.63, 3.8) is 0 Å². The Bertz CT molecular complexity index is 859. The second-order valence-electron chi connectivity index (χ2n) is 6.38. The molecule has 0 aliphatic carbocycles. The average Bonchev–Trinajstić information content (AvgIpc) is 2.70. The van der Waals surface area contributed by atoms with Gasteiger partial charge >= 0.3 is 0 Å². The van der Waals surface area contributed by atoms with E-state index in [1.54, 1.807) is 12.1 Å². The maximum atomic E-state index is 9.31. The third-order valence-electron chi connectivity index (χ3n) is 4.45. The standard InChI is InChI=1S/C22H21NO3/c24-19-11-7-17(8-12-19)14-23-13-16-5-9-18(10-6-16)22-15-25-20-3-1-2-4-21(20)26-22/h1-12,22-24H,13-15H2. The maximum absolute atomic E-state index is 9.31. The molecule has 1 unspecified atom stereocenters. The molecule has 132 valence electrons. The lowest BCUT2D eigenvalue weighted by Gasteiger charge is -2.26. The molecule has 1 aliphatic rings. The molecular formula is C22H21NO3. The monoisotopic (exact) mass is 347 g/mol. The Kier molecular flexibility index (Phi) is 4.75. The van der Waals surface area contributed by atoms with Crippen molar-refractivity contribution in [2.24, 2.45) is 0 Å². The third-order valence-corrected chi connectivity index (χ3v) is 4.45. The van der Waals surface area contributed by atoms with E-state index in [0.717, 1.165) is 35.7 Å². The maximum Gasteiger partial charge on any atom is 0.162 e. The predicted octanol–water partition coefficient (Wildman–Crippen LogP) is 4.19. The summed E-state index contributed by atoms with van der Waals surface area (Å²) in [5.41, 5.74) is 3.47. The van der Waals surface area contributed by atoms with E-state index in [1.807, 2.05) is 36.4 Å². The number of fused-ring (bicyclic) bond motifs is 1. The fraction of sp³-hybridized carbons (Fsp3) is 0.182. The molecule has 0 radical (unpaired) electrons. The van der Waals surface area contributed by atoms with E-state index in [2.05, 4.69) is 29.6 Å². The van der Waals surface area contributed by atoms with Gasteiger partial charge in [-0.15, -0.1) is 0 Å². The van der Waals surface area contributed by atoms with Gasteiger partial charge in [0, 0.05) is 13.1 Å². The van der Waals surface area contributed by atoms with Crippen LogP contribution in [0.15, 0.2) is 72.8 Å². The van der Waals surface area contributed by atoms with Crippen LogP contribution in [0, 0.1) is 0 Å². The molecule has 0 aromatic heterocycles. The van der Waals surface area contributed by atoms with Gasteiger partial charge in [-0.25, -0.2) is 0 Å². The van der Waals surface area contributed by atoms with E-state index in [4.69, 9.17) is 9.47 Å². The normalized spacial score (nSPS) is 15.6. The Hall–Kier alpha value is -2.98. The molecule has 1 atom stereocenters. The van der Waals surface area contributed by atoms with Crippen molar-refractivity contribution in [3.05, 3.63) is 89.5 Å². The van der Waals surface area contributed by atoms with Crippen LogP contribution in [0.1, 0.15) is 22.8 Å². The summed E-state index contributed by atoms with van der Waals surface area (Å²) in [6.45, 7) is 2.07. The summed E-state index contributed by atoms with van der Waals surface area (Å²) in [5.74, 6) is 1.89. The number of hydrogen-bond donors (Lipinski definition) is 2. The molecule has 26 heavy (non-hydrogen) atoms. The zero-order chi connectivity index (χ0) is 17.8. The summed E-state index contributed by atoms with van der Waals surface area (Å²) >= 11 is 0. The van der Waals surface area contributed by atoms with E-state index >= 15 is 0 Å². The summed E-state index contributed by atoms with van der Waals surface area (Å²) in [5, 5.41) is 12.7. The first-order chi connectivity index (χ1) is 12.8. The van der Waals surface area contributed by atoms with Gasteiger partial charge in [-0.2, -0.15) is 0 Å². The molecule has 1 aliphatic heterocycles. The summed E-state index contributed by atoms with van der Waals surface area (Å²) in [7, 11) is 0. The van der Waals surface area contributed by atoms with Crippen molar-refractivity contribution in [2.75, 3.05) is 6.61 Å². The predicted molar refractivity (Wildman–Crippen MR) is 100 cm³/mol. The molecule has 0 saturated heterocycles. The van der Waals surface area contributed by atoms with Gasteiger partial charge < -0.3 is 19.9 Å². The van der Waals surface area contributed by atoms with Gasteiger partial charge in [0.15, 0.2) is 17.6 Å². The Morgan fingerprint density at radius 3 is 2.12 bits per heavy atom. The van der Waals surface area contributed by atoms with Crippen molar-refractivity contribution < 1.29 is 14.6 Å². The molecule has 0 amide bonds. The topological polar surface area (TPSA) is 50.7 Å². The zero-order valence-electron chi connectivity index (χ0n) is 14.4. The summed E-state index contributed by atoms with van der Waals surface area (Å²) in [4.78, 5) is 0. The van der Waals surface area contributed by atoms with Crippen LogP contribution in [0.5, 0.6) is 17.2 Å². The minimum absolute atomic E-state index is 0.0797. The highest BCUT2D eigenvalue weighted by Crippen LogP contribution is 2.35. The van der Waals surface area contributed by atoms with Gasteiger partial charge in [0.05, 0.1) is 0 Å². The number of rotatable bonds is 5. The average molecular weight is 347 g/mol. The summed E-state index contributed by atoms with van der Waals surface area (Å²) in [6.07, 6.45) is -0.0797. The van der Waals surface area contributed by atoms with Crippen LogP contribution in [-0.2, 0) is 13.1 Å². The number of hydrogen-bond acceptors (Lipinski definition) is 4. The number of para-hydroxylation sites is 2. The number of aromatic hydroxyl groups is 1. The smallest absolute Gasteiger partial charge is 0.162 e. The number of phenols is 1. The molecule has 0 spiro atoms. The number of benzene rings is 3. The molecule has 3 aromatic rings. The first kappa shape index (κ1) is 16.5. The Balaban J connectivity index is 1.33. The third kappa shape index (κ3) is 3.81. The Morgan fingerprint density at radius 1 is 0.808 bits per heavy atom. The van der Waals surface area contributed by atoms with E-state index in [1.165, 1.54) is 5.56 Å². The van der Waals surface area contributed by atoms with Crippen LogP contribution in [0.3, 0.4) is 0 Å². The number of phenolic OH excluding ortho intramolecular Hbond substituents is 1. The first-order valence-corrected chi connectivity index (χ1v) is 8.74. The number of ether oxygens (including phenoxy) is 2. The van der Waals surface area contributed by atoms with Crippen molar-refractivity contribution in [3.8, 4) is 17.2 Å². The van der Waals surface area contributed by atoms with Gasteiger partial charge in [0.25, 0.3) is 0 Å². The van der Waals surface area contributed by atoms with Crippen molar-refractivity contribution in [2.45, 2.75) is 19.2 Å². The summed E-state index contributed by atoms with van der Waals surface area (Å²) < 4.78 is 11.8. The molecule has 2 N–H and O–H groups in total. The van der Waals surface area contributed by atoms with Crippen LogP contribution in [0.4, 0.5) is 0 Å². The molecule has 4 nitrogen and oxygen atoms in total. The lowest BCUT2D eigenvalue weighted by molar-refractivity contribution is 0.0913. The quantitative estimate of drug-likeness (QED) is 0.726. The van der Waals surface area contributed by atoms with Gasteiger partial charge in [0.2, 0.25) is 0 Å². The van der Waals surface area contributed by atoms with Crippen LogP contribution in [0.25, 0.3) is 0 Å². The van der Waals surface area contributed by atoms with Gasteiger partial charge in [-0.05, 0) is 41.0 Å². The molecule has 1 heterocycles. The molecule has 3 aromatic carbocycles. The van der Waals surface area contributed by atoms with E-state index < -0.39 is 0 Å². The fourth-order valence-electron chi connectivity index (χ4n) is 3.00. The minimum atomic E-state index is -0.0797. The Labute approximate surface area is 153 Å². The highest BCUT2D eigenvalue weighted by molar-refractivity contribution is 5.41. The second kappa shape index (κ2) is 7.50. The van der Waals surface area contributed by atoms with Crippen LogP contribution >= 0.6 is 0 Å². The molecule has 0 fully saturated rings. The van der Waals surface area contributed by atoms with Crippen molar-refractivity contribution in [1.82, 2.24) is 5.32 Å². The lowest BCUT2D eigenvalue weighted by Crippen LogP contribution is -2.21. The van der Waals surface area contributed by atoms with E-state index in [9.17, 15) is 5.11 Å². The van der Waals surface area contributed by atoms with Gasteiger partial charge in [0.1, 0.15) is 12.4 Å². The molecular weight excluding hydrogens is 326 g/mol. The first-order valence-electron chi connectivity index (χ1n) is 8.74. The molecule has 4 heteroatoms. The Morgan fingerprint density at radius 2 is 1.42 bits per heavy atom. The number of nitrogens with one attached hydrogen (secondary N) is 1. The molecule has 4 rings (SSSR count). The van der Waals surface area contributed by atoms with Crippen LogP contribution in [0.2, 0.25) is 0 Å². The van der Waals surface area contributed by atoms with Crippen molar-refractivity contribution >= 4 is 0 Å². The van der Waals surface area contributed by atoms with Gasteiger partial charge in [-0.1, -0.05) is 48.5 Å². The van der Waals surface area contributed by atoms with Crippen molar-refractivity contribution in [1.29, 1.82) is 0 Å².